The summed E-state index contributed by atoms with van der Waals surface area (Å²) in [6.07, 6.45) is 1.03. The quantitative estimate of drug-likeness (QED) is 0.688. The lowest BCUT2D eigenvalue weighted by molar-refractivity contribution is -0.136. The van der Waals surface area contributed by atoms with Crippen LogP contribution in [-0.4, -0.2) is 43.7 Å². The molecular weight excluding hydrogens is 422 g/mol. The molecule has 0 aliphatic carbocycles. The van der Waals surface area contributed by atoms with E-state index in [0.29, 0.717) is 29.9 Å². The zero-order chi connectivity index (χ0) is 21.8. The molecule has 3 heterocycles. The third-order valence-electron chi connectivity index (χ3n) is 5.79. The summed E-state index contributed by atoms with van der Waals surface area (Å²) in [5, 5.41) is 2.25. The van der Waals surface area contributed by atoms with E-state index in [1.807, 2.05) is 6.07 Å². The van der Waals surface area contributed by atoms with Crippen LogP contribution in [0.1, 0.15) is 34.3 Å². The van der Waals surface area contributed by atoms with Crippen molar-refractivity contribution < 1.29 is 27.5 Å². The number of nitrogens with one attached hydrogen (secondary N) is 2. The van der Waals surface area contributed by atoms with Gasteiger partial charge >= 0.3 is 0 Å². The maximum absolute atomic E-state index is 13.1. The Bertz CT molecular complexity index is 1240. The van der Waals surface area contributed by atoms with Gasteiger partial charge in [-0.15, -0.1) is 0 Å². The molecule has 9 nitrogen and oxygen atoms in total. The van der Waals surface area contributed by atoms with Gasteiger partial charge in [0, 0.05) is 30.5 Å². The van der Waals surface area contributed by atoms with Crippen molar-refractivity contribution in [3.05, 3.63) is 53.1 Å². The number of hydrogen-bond donors (Lipinski definition) is 2. The number of anilines is 1. The molecule has 31 heavy (non-hydrogen) atoms. The molecule has 0 bridgehead atoms. The number of imide groups is 1. The Morgan fingerprint density at radius 2 is 1.87 bits per heavy atom. The second kappa shape index (κ2) is 7.09. The van der Waals surface area contributed by atoms with Gasteiger partial charge in [0.1, 0.15) is 16.7 Å². The normalized spacial score (nSPS) is 20.2. The zero-order valence-corrected chi connectivity index (χ0v) is 17.2. The van der Waals surface area contributed by atoms with Crippen LogP contribution in [0.15, 0.2) is 41.3 Å². The van der Waals surface area contributed by atoms with Gasteiger partial charge in [-0.2, -0.15) is 0 Å². The predicted octanol–water partition coefficient (Wildman–Crippen LogP) is 1.18. The minimum absolute atomic E-state index is 0.0476. The summed E-state index contributed by atoms with van der Waals surface area (Å²) in [5.41, 5.74) is 1.94. The highest BCUT2D eigenvalue weighted by Gasteiger charge is 2.40. The molecule has 0 aromatic heterocycles. The summed E-state index contributed by atoms with van der Waals surface area (Å²) in [5.74, 6) is -0.897. The number of rotatable bonds is 4. The molecule has 10 heteroatoms. The molecule has 0 saturated carbocycles. The van der Waals surface area contributed by atoms with Crippen molar-refractivity contribution in [1.29, 1.82) is 0 Å². The van der Waals surface area contributed by atoms with Gasteiger partial charge < -0.3 is 9.64 Å². The van der Waals surface area contributed by atoms with Crippen LogP contribution in [0.2, 0.25) is 0 Å². The van der Waals surface area contributed by atoms with E-state index in [1.165, 1.54) is 11.0 Å². The standard InChI is InChI=1S/C21H19N3O6S/c25-18-8-7-16(20(26)22-18)24-11-14-13(21(24)27)4-2-5-15(14)23-31(28,29)17-6-1-3-12-9-10-30-19(12)17/h1-6,16,23H,7-11H2,(H,22,25,26). The average molecular weight is 441 g/mol. The van der Waals surface area contributed by atoms with E-state index < -0.39 is 22.0 Å². The minimum Gasteiger partial charge on any atom is -0.492 e. The Kier molecular flexibility index (Phi) is 4.47. The molecule has 2 aromatic carbocycles. The van der Waals surface area contributed by atoms with Gasteiger partial charge in [0.15, 0.2) is 0 Å². The number of sulfonamides is 1. The molecule has 2 N–H and O–H groups in total. The summed E-state index contributed by atoms with van der Waals surface area (Å²) < 4.78 is 34.4. The maximum Gasteiger partial charge on any atom is 0.265 e. The number of amides is 3. The van der Waals surface area contributed by atoms with Gasteiger partial charge in [-0.05, 0) is 30.2 Å². The fraction of sp³-hybridized carbons (Fsp3) is 0.286. The zero-order valence-electron chi connectivity index (χ0n) is 16.4. The van der Waals surface area contributed by atoms with Crippen molar-refractivity contribution in [2.24, 2.45) is 0 Å². The predicted molar refractivity (Wildman–Crippen MR) is 109 cm³/mol. The van der Waals surface area contributed by atoms with E-state index in [0.717, 1.165) is 5.56 Å². The van der Waals surface area contributed by atoms with Gasteiger partial charge in [0.25, 0.3) is 15.9 Å². The molecule has 0 spiro atoms. The number of nitrogens with zero attached hydrogens (tertiary/aromatic N) is 1. The van der Waals surface area contributed by atoms with Crippen LogP contribution in [0.4, 0.5) is 5.69 Å². The molecule has 3 amide bonds. The molecule has 0 radical (unpaired) electrons. The number of fused-ring (bicyclic) bond motifs is 2. The summed E-state index contributed by atoms with van der Waals surface area (Å²) in [4.78, 5) is 38.0. The summed E-state index contributed by atoms with van der Waals surface area (Å²) in [6, 6.07) is 8.99. The van der Waals surface area contributed by atoms with Crippen LogP contribution in [-0.2, 0) is 32.6 Å². The Hall–Kier alpha value is -3.40. The maximum atomic E-state index is 13.1. The monoisotopic (exact) mass is 441 g/mol. The number of piperidine rings is 1. The van der Waals surface area contributed by atoms with Crippen molar-refractivity contribution in [3.8, 4) is 5.75 Å². The fourth-order valence-corrected chi connectivity index (χ4v) is 5.56. The first-order valence-electron chi connectivity index (χ1n) is 9.89. The van der Waals surface area contributed by atoms with Gasteiger partial charge in [0.2, 0.25) is 11.8 Å². The van der Waals surface area contributed by atoms with E-state index in [9.17, 15) is 22.8 Å². The topological polar surface area (TPSA) is 122 Å². The van der Waals surface area contributed by atoms with Gasteiger partial charge in [-0.1, -0.05) is 18.2 Å². The van der Waals surface area contributed by atoms with Crippen molar-refractivity contribution in [2.45, 2.75) is 36.7 Å². The van der Waals surface area contributed by atoms with Crippen molar-refractivity contribution in [1.82, 2.24) is 10.2 Å². The number of carbonyl (C=O) groups excluding carboxylic acids is 3. The van der Waals surface area contributed by atoms with Crippen LogP contribution in [0.5, 0.6) is 5.75 Å². The number of hydrogen-bond acceptors (Lipinski definition) is 6. The van der Waals surface area contributed by atoms with Crippen LogP contribution in [0.3, 0.4) is 0 Å². The highest BCUT2D eigenvalue weighted by molar-refractivity contribution is 7.92. The molecule has 1 unspecified atom stereocenters. The summed E-state index contributed by atoms with van der Waals surface area (Å²) >= 11 is 0. The molecule has 160 valence electrons. The smallest absolute Gasteiger partial charge is 0.265 e. The highest BCUT2D eigenvalue weighted by atomic mass is 32.2. The van der Waals surface area contributed by atoms with Crippen LogP contribution in [0.25, 0.3) is 0 Å². The number of para-hydroxylation sites is 1. The fourth-order valence-electron chi connectivity index (χ4n) is 4.28. The van der Waals surface area contributed by atoms with Gasteiger partial charge in [0.05, 0.1) is 12.3 Å². The highest BCUT2D eigenvalue weighted by Crippen LogP contribution is 2.36. The second-order valence-electron chi connectivity index (χ2n) is 7.68. The molecular formula is C21H19N3O6S. The lowest BCUT2D eigenvalue weighted by Crippen LogP contribution is -2.52. The van der Waals surface area contributed by atoms with E-state index in [-0.39, 0.29) is 41.8 Å². The van der Waals surface area contributed by atoms with Crippen LogP contribution in [0, 0.1) is 0 Å². The second-order valence-corrected chi connectivity index (χ2v) is 9.33. The Morgan fingerprint density at radius 3 is 2.68 bits per heavy atom. The van der Waals surface area contributed by atoms with E-state index in [4.69, 9.17) is 4.74 Å². The number of carbonyl (C=O) groups is 3. The number of ether oxygens (including phenoxy) is 1. The third kappa shape index (κ3) is 3.23. The molecule has 2 aromatic rings. The van der Waals surface area contributed by atoms with Crippen LogP contribution < -0.4 is 14.8 Å². The summed E-state index contributed by atoms with van der Waals surface area (Å²) in [6.45, 7) is 0.501. The first-order valence-corrected chi connectivity index (χ1v) is 11.4. The molecule has 1 saturated heterocycles. The van der Waals surface area contributed by atoms with E-state index in [2.05, 4.69) is 10.0 Å². The lowest BCUT2D eigenvalue weighted by Gasteiger charge is -2.29. The molecule has 3 aliphatic heterocycles. The first kappa shape index (κ1) is 19.6. The van der Waals surface area contributed by atoms with Crippen molar-refractivity contribution in [3.63, 3.8) is 0 Å². The molecule has 1 atom stereocenters. The Balaban J connectivity index is 1.46. The molecule has 5 rings (SSSR count). The Labute approximate surface area is 178 Å². The minimum atomic E-state index is -3.97. The summed E-state index contributed by atoms with van der Waals surface area (Å²) in [7, 11) is -3.97. The van der Waals surface area contributed by atoms with E-state index >= 15 is 0 Å². The van der Waals surface area contributed by atoms with Crippen molar-refractivity contribution in [2.75, 3.05) is 11.3 Å². The molecule has 1 fully saturated rings. The van der Waals surface area contributed by atoms with Gasteiger partial charge in [-0.25, -0.2) is 8.42 Å². The molecule has 3 aliphatic rings. The van der Waals surface area contributed by atoms with Crippen molar-refractivity contribution >= 4 is 33.4 Å². The Morgan fingerprint density at radius 1 is 1.06 bits per heavy atom. The average Bonchev–Trinajstić information content (AvgIpc) is 3.33. The number of benzene rings is 2. The third-order valence-corrected chi connectivity index (χ3v) is 7.18. The largest absolute Gasteiger partial charge is 0.492 e. The van der Waals surface area contributed by atoms with E-state index in [1.54, 1.807) is 24.3 Å². The lowest BCUT2D eigenvalue weighted by atomic mass is 10.0. The van der Waals surface area contributed by atoms with Gasteiger partial charge in [-0.3, -0.25) is 24.4 Å². The first-order chi connectivity index (χ1) is 14.8. The SMILES string of the molecule is O=C1CCC(N2Cc3c(NS(=O)(=O)c4cccc5c4OCC5)cccc3C2=O)C(=O)N1. The van der Waals surface area contributed by atoms with Crippen LogP contribution >= 0.6 is 0 Å².